The van der Waals surface area contributed by atoms with Crippen molar-refractivity contribution in [2.45, 2.75) is 32.2 Å². The highest BCUT2D eigenvalue weighted by molar-refractivity contribution is 6.00. The zero-order valence-corrected chi connectivity index (χ0v) is 9.72. The number of amides is 1. The lowest BCUT2D eigenvalue weighted by molar-refractivity contribution is -0.124. The van der Waals surface area contributed by atoms with Crippen molar-refractivity contribution in [3.8, 4) is 0 Å². The van der Waals surface area contributed by atoms with E-state index in [1.165, 1.54) is 12.1 Å². The Morgan fingerprint density at radius 2 is 2.24 bits per heavy atom. The zero-order valence-electron chi connectivity index (χ0n) is 9.72. The van der Waals surface area contributed by atoms with Crippen LogP contribution in [0.25, 0.3) is 0 Å². The Bertz CT molecular complexity index is 488. The molecule has 90 valence electrons. The van der Waals surface area contributed by atoms with Gasteiger partial charge >= 0.3 is 0 Å². The second-order valence-electron chi connectivity index (χ2n) is 5.15. The predicted molar refractivity (Wildman–Crippen MR) is 64.4 cm³/mol. The Morgan fingerprint density at radius 3 is 3.06 bits per heavy atom. The molecule has 3 nitrogen and oxygen atoms in total. The second-order valence-corrected chi connectivity index (χ2v) is 5.15. The van der Waals surface area contributed by atoms with Crippen LogP contribution in [0, 0.1) is 11.2 Å². The third-order valence-corrected chi connectivity index (χ3v) is 4.04. The molecular weight excluding hydrogens is 219 g/mol. The second kappa shape index (κ2) is 3.45. The summed E-state index contributed by atoms with van der Waals surface area (Å²) in [7, 11) is 0. The first-order valence-corrected chi connectivity index (χ1v) is 5.97. The van der Waals surface area contributed by atoms with Crippen LogP contribution in [0.1, 0.15) is 26.2 Å². The van der Waals surface area contributed by atoms with Crippen molar-refractivity contribution < 1.29 is 9.18 Å². The van der Waals surface area contributed by atoms with Crippen LogP contribution in [0.15, 0.2) is 18.2 Å². The van der Waals surface area contributed by atoms with Crippen molar-refractivity contribution in [2.24, 2.45) is 5.41 Å². The van der Waals surface area contributed by atoms with Gasteiger partial charge in [-0.05, 0) is 38.0 Å². The maximum absolute atomic E-state index is 13.2. The van der Waals surface area contributed by atoms with E-state index >= 15 is 0 Å². The molecule has 1 aliphatic carbocycles. The van der Waals surface area contributed by atoms with Crippen molar-refractivity contribution in [2.75, 3.05) is 10.6 Å². The quantitative estimate of drug-likeness (QED) is 0.724. The molecule has 1 saturated carbocycles. The number of anilines is 2. The van der Waals surface area contributed by atoms with E-state index in [0.717, 1.165) is 19.3 Å². The van der Waals surface area contributed by atoms with Gasteiger partial charge in [0, 0.05) is 6.04 Å². The Labute approximate surface area is 99.4 Å². The van der Waals surface area contributed by atoms with Crippen LogP contribution in [0.3, 0.4) is 0 Å². The average Bonchev–Trinajstić information content (AvgIpc) is 2.61. The van der Waals surface area contributed by atoms with Gasteiger partial charge in [-0.2, -0.15) is 0 Å². The normalized spacial score (nSPS) is 30.9. The van der Waals surface area contributed by atoms with E-state index < -0.39 is 0 Å². The van der Waals surface area contributed by atoms with Gasteiger partial charge in [-0.1, -0.05) is 6.42 Å². The molecule has 17 heavy (non-hydrogen) atoms. The Morgan fingerprint density at radius 1 is 1.41 bits per heavy atom. The Balaban J connectivity index is 2.06. The summed E-state index contributed by atoms with van der Waals surface area (Å²) in [6.07, 6.45) is 2.87. The van der Waals surface area contributed by atoms with Gasteiger partial charge < -0.3 is 10.6 Å². The number of halogens is 1. The molecule has 0 aromatic heterocycles. The molecule has 2 unspecified atom stereocenters. The Kier molecular flexibility index (Phi) is 2.15. The molecule has 4 heteroatoms. The number of benzene rings is 1. The first-order chi connectivity index (χ1) is 8.09. The minimum atomic E-state index is -0.379. The summed E-state index contributed by atoms with van der Waals surface area (Å²) in [4.78, 5) is 12.2. The highest BCUT2D eigenvalue weighted by Gasteiger charge is 2.46. The molecule has 0 saturated heterocycles. The van der Waals surface area contributed by atoms with E-state index in [4.69, 9.17) is 0 Å². The lowest BCUT2D eigenvalue weighted by Gasteiger charge is -2.27. The fourth-order valence-electron chi connectivity index (χ4n) is 2.87. The summed E-state index contributed by atoms with van der Waals surface area (Å²) in [6, 6.07) is 4.52. The SMILES string of the molecule is CC12CCCC1Nc1cc(F)ccc1NC2=O. The Hall–Kier alpha value is -1.58. The van der Waals surface area contributed by atoms with Crippen molar-refractivity contribution >= 4 is 17.3 Å². The van der Waals surface area contributed by atoms with E-state index in [1.54, 1.807) is 6.07 Å². The summed E-state index contributed by atoms with van der Waals surface area (Å²) in [5, 5.41) is 6.20. The lowest BCUT2D eigenvalue weighted by atomic mass is 9.84. The summed E-state index contributed by atoms with van der Waals surface area (Å²) in [5.41, 5.74) is 0.983. The van der Waals surface area contributed by atoms with Gasteiger partial charge in [-0.25, -0.2) is 4.39 Å². The van der Waals surface area contributed by atoms with Gasteiger partial charge in [-0.3, -0.25) is 4.79 Å². The smallest absolute Gasteiger partial charge is 0.232 e. The molecule has 1 aliphatic heterocycles. The third kappa shape index (κ3) is 1.51. The molecule has 0 bridgehead atoms. The molecule has 1 heterocycles. The van der Waals surface area contributed by atoms with Crippen molar-refractivity contribution in [3.63, 3.8) is 0 Å². The minimum absolute atomic E-state index is 0.0397. The van der Waals surface area contributed by atoms with Gasteiger partial charge in [0.15, 0.2) is 0 Å². The van der Waals surface area contributed by atoms with E-state index in [2.05, 4.69) is 10.6 Å². The molecular formula is C13H15FN2O. The summed E-state index contributed by atoms with van der Waals surface area (Å²) in [5.74, 6) is -0.245. The molecule has 1 aromatic rings. The van der Waals surface area contributed by atoms with Crippen molar-refractivity contribution in [1.82, 2.24) is 0 Å². The molecule has 2 atom stereocenters. The lowest BCUT2D eigenvalue weighted by Crippen LogP contribution is -2.41. The van der Waals surface area contributed by atoms with Crippen LogP contribution in [-0.2, 0) is 4.79 Å². The summed E-state index contributed by atoms with van der Waals surface area (Å²) >= 11 is 0. The van der Waals surface area contributed by atoms with Gasteiger partial charge in [0.2, 0.25) is 5.91 Å². The monoisotopic (exact) mass is 234 g/mol. The first-order valence-electron chi connectivity index (χ1n) is 5.97. The van der Waals surface area contributed by atoms with E-state index in [-0.39, 0.29) is 23.2 Å². The number of hydrogen-bond acceptors (Lipinski definition) is 2. The number of rotatable bonds is 0. The van der Waals surface area contributed by atoms with Crippen molar-refractivity contribution in [3.05, 3.63) is 24.0 Å². The number of fused-ring (bicyclic) bond motifs is 2. The largest absolute Gasteiger partial charge is 0.379 e. The van der Waals surface area contributed by atoms with E-state index in [1.807, 2.05) is 6.92 Å². The first kappa shape index (κ1) is 10.6. The summed E-state index contributed by atoms with van der Waals surface area (Å²) < 4.78 is 13.2. The standard InChI is InChI=1S/C13H15FN2O/c1-13-6-2-3-11(13)15-10-7-8(14)4-5-9(10)16-12(13)17/h4-5,7,11,15H,2-3,6H2,1H3,(H,16,17). The molecule has 3 rings (SSSR count). The molecule has 2 aliphatic rings. The van der Waals surface area contributed by atoms with Gasteiger partial charge in [-0.15, -0.1) is 0 Å². The zero-order chi connectivity index (χ0) is 12.0. The molecule has 1 aromatic carbocycles. The van der Waals surface area contributed by atoms with Gasteiger partial charge in [0.1, 0.15) is 5.82 Å². The molecule has 0 radical (unpaired) electrons. The topological polar surface area (TPSA) is 41.1 Å². The van der Waals surface area contributed by atoms with Crippen LogP contribution in [0.4, 0.5) is 15.8 Å². The van der Waals surface area contributed by atoms with Crippen molar-refractivity contribution in [1.29, 1.82) is 0 Å². The predicted octanol–water partition coefficient (Wildman–Crippen LogP) is 2.75. The summed E-state index contributed by atoms with van der Waals surface area (Å²) in [6.45, 7) is 1.98. The van der Waals surface area contributed by atoms with Crippen LogP contribution in [0.2, 0.25) is 0 Å². The fourth-order valence-corrected chi connectivity index (χ4v) is 2.87. The van der Waals surface area contributed by atoms with E-state index in [0.29, 0.717) is 11.4 Å². The molecule has 1 amide bonds. The number of nitrogens with one attached hydrogen (secondary N) is 2. The van der Waals surface area contributed by atoms with E-state index in [9.17, 15) is 9.18 Å². The maximum Gasteiger partial charge on any atom is 0.232 e. The van der Waals surface area contributed by atoms with Crippen LogP contribution in [0.5, 0.6) is 0 Å². The van der Waals surface area contributed by atoms with Crippen LogP contribution >= 0.6 is 0 Å². The minimum Gasteiger partial charge on any atom is -0.379 e. The molecule has 2 N–H and O–H groups in total. The molecule has 1 fully saturated rings. The average molecular weight is 234 g/mol. The third-order valence-electron chi connectivity index (χ3n) is 4.04. The highest BCUT2D eigenvalue weighted by Crippen LogP contribution is 2.44. The van der Waals surface area contributed by atoms with Crippen LogP contribution in [-0.4, -0.2) is 11.9 Å². The highest BCUT2D eigenvalue weighted by atomic mass is 19.1. The molecule has 0 spiro atoms. The number of hydrogen-bond donors (Lipinski definition) is 2. The van der Waals surface area contributed by atoms with Gasteiger partial charge in [0.05, 0.1) is 16.8 Å². The van der Waals surface area contributed by atoms with Crippen LogP contribution < -0.4 is 10.6 Å². The van der Waals surface area contributed by atoms with Gasteiger partial charge in [0.25, 0.3) is 0 Å². The fraction of sp³-hybridized carbons (Fsp3) is 0.462. The maximum atomic E-state index is 13.2. The number of carbonyl (C=O) groups excluding carboxylic acids is 1. The number of carbonyl (C=O) groups is 1.